The molecule has 0 aromatic heterocycles. The molecule has 1 fully saturated rings. The van der Waals surface area contributed by atoms with E-state index in [1.165, 1.54) is 31.4 Å². The number of nitrogens with two attached hydrogens (primary N) is 1. The predicted molar refractivity (Wildman–Crippen MR) is 86.1 cm³/mol. The molecule has 3 N–H and O–H groups in total. The van der Waals surface area contributed by atoms with Gasteiger partial charge in [0.1, 0.15) is 4.90 Å². The van der Waals surface area contributed by atoms with Crippen molar-refractivity contribution in [2.24, 2.45) is 11.7 Å². The maximum atomic E-state index is 12.4. The van der Waals surface area contributed by atoms with Crippen molar-refractivity contribution in [2.75, 3.05) is 6.54 Å². The van der Waals surface area contributed by atoms with Gasteiger partial charge in [-0.15, -0.1) is 0 Å². The van der Waals surface area contributed by atoms with E-state index >= 15 is 0 Å². The van der Waals surface area contributed by atoms with Gasteiger partial charge in [-0.1, -0.05) is 42.5 Å². The highest BCUT2D eigenvalue weighted by Gasteiger charge is 2.23. The van der Waals surface area contributed by atoms with Crippen LogP contribution in [0.1, 0.15) is 37.7 Å². The van der Waals surface area contributed by atoms with Crippen LogP contribution >= 0.6 is 23.2 Å². The summed E-state index contributed by atoms with van der Waals surface area (Å²) in [7, 11) is -3.64. The first kappa shape index (κ1) is 17.0. The topological polar surface area (TPSA) is 72.2 Å². The van der Waals surface area contributed by atoms with Crippen LogP contribution in [0.2, 0.25) is 10.0 Å². The summed E-state index contributed by atoms with van der Waals surface area (Å²) in [5, 5.41) is 0.495. The zero-order valence-electron chi connectivity index (χ0n) is 11.7. The maximum Gasteiger partial charge on any atom is 0.242 e. The molecule has 0 amide bonds. The summed E-state index contributed by atoms with van der Waals surface area (Å²) in [5.41, 5.74) is 6.03. The Balaban J connectivity index is 2.15. The molecular formula is C14H20Cl2N2O2S. The molecule has 1 aliphatic carbocycles. The third-order valence-electron chi connectivity index (χ3n) is 3.93. The Morgan fingerprint density at radius 3 is 2.48 bits per heavy atom. The number of nitrogens with one attached hydrogen (secondary N) is 1. The van der Waals surface area contributed by atoms with Crippen LogP contribution in [0.4, 0.5) is 0 Å². The fraction of sp³-hybridized carbons (Fsp3) is 0.571. The zero-order chi connectivity index (χ0) is 15.5. The SMILES string of the molecule is NCc1c(Cl)ccc(S(=O)(=O)NCC2CCCCC2)c1Cl. The molecule has 4 nitrogen and oxygen atoms in total. The first-order valence-corrected chi connectivity index (χ1v) is 9.36. The average Bonchev–Trinajstić information content (AvgIpc) is 2.46. The Morgan fingerprint density at radius 1 is 1.19 bits per heavy atom. The lowest BCUT2D eigenvalue weighted by Crippen LogP contribution is -2.30. The highest BCUT2D eigenvalue weighted by molar-refractivity contribution is 7.89. The molecule has 1 aliphatic rings. The van der Waals surface area contributed by atoms with Crippen molar-refractivity contribution in [3.05, 3.63) is 27.7 Å². The van der Waals surface area contributed by atoms with Gasteiger partial charge in [-0.2, -0.15) is 0 Å². The lowest BCUT2D eigenvalue weighted by molar-refractivity contribution is 0.357. The molecule has 1 aromatic rings. The van der Waals surface area contributed by atoms with Crippen molar-refractivity contribution >= 4 is 33.2 Å². The van der Waals surface area contributed by atoms with E-state index in [2.05, 4.69) is 4.72 Å². The number of sulfonamides is 1. The van der Waals surface area contributed by atoms with Crippen LogP contribution in [-0.2, 0) is 16.6 Å². The van der Waals surface area contributed by atoms with E-state index in [0.717, 1.165) is 12.8 Å². The Morgan fingerprint density at radius 2 is 1.86 bits per heavy atom. The fourth-order valence-electron chi connectivity index (χ4n) is 2.67. The fourth-order valence-corrected chi connectivity index (χ4v) is 4.71. The first-order valence-electron chi connectivity index (χ1n) is 7.12. The van der Waals surface area contributed by atoms with Crippen molar-refractivity contribution in [2.45, 2.75) is 43.5 Å². The van der Waals surface area contributed by atoms with Crippen LogP contribution in [-0.4, -0.2) is 15.0 Å². The zero-order valence-corrected chi connectivity index (χ0v) is 14.1. The predicted octanol–water partition coefficient (Wildman–Crippen LogP) is 3.31. The number of halogens is 2. The van der Waals surface area contributed by atoms with E-state index in [1.807, 2.05) is 0 Å². The van der Waals surface area contributed by atoms with Crippen molar-refractivity contribution in [3.8, 4) is 0 Å². The Kier molecular flexibility index (Phi) is 5.91. The number of rotatable bonds is 5. The highest BCUT2D eigenvalue weighted by atomic mass is 35.5. The second-order valence-corrected chi connectivity index (χ2v) is 7.92. The van der Waals surface area contributed by atoms with Gasteiger partial charge in [0, 0.05) is 23.7 Å². The summed E-state index contributed by atoms with van der Waals surface area (Å²) in [6, 6.07) is 2.94. The molecule has 21 heavy (non-hydrogen) atoms. The quantitative estimate of drug-likeness (QED) is 0.855. The molecule has 0 radical (unpaired) electrons. The molecule has 0 heterocycles. The molecule has 0 aliphatic heterocycles. The van der Waals surface area contributed by atoms with Gasteiger partial charge in [0.15, 0.2) is 0 Å². The minimum absolute atomic E-state index is 0.0461. The molecule has 118 valence electrons. The summed E-state index contributed by atoms with van der Waals surface area (Å²) in [6.45, 7) is 0.558. The average molecular weight is 351 g/mol. The van der Waals surface area contributed by atoms with E-state index in [0.29, 0.717) is 23.0 Å². The summed E-state index contributed by atoms with van der Waals surface area (Å²) in [6.07, 6.45) is 5.73. The van der Waals surface area contributed by atoms with E-state index in [9.17, 15) is 8.42 Å². The van der Waals surface area contributed by atoms with Gasteiger partial charge in [-0.3, -0.25) is 0 Å². The van der Waals surface area contributed by atoms with E-state index in [1.54, 1.807) is 0 Å². The molecule has 0 unspecified atom stereocenters. The Hall–Kier alpha value is -0.330. The van der Waals surface area contributed by atoms with E-state index in [-0.39, 0.29) is 16.5 Å². The number of benzene rings is 1. The monoisotopic (exact) mass is 350 g/mol. The van der Waals surface area contributed by atoms with Crippen LogP contribution in [0.15, 0.2) is 17.0 Å². The van der Waals surface area contributed by atoms with Crippen LogP contribution in [0, 0.1) is 5.92 Å². The molecule has 0 bridgehead atoms. The minimum Gasteiger partial charge on any atom is -0.326 e. The first-order chi connectivity index (χ1) is 9.95. The molecule has 0 saturated heterocycles. The van der Waals surface area contributed by atoms with Gasteiger partial charge in [0.25, 0.3) is 0 Å². The normalized spacial score (nSPS) is 17.1. The second kappa shape index (κ2) is 7.29. The van der Waals surface area contributed by atoms with Crippen molar-refractivity contribution in [3.63, 3.8) is 0 Å². The lowest BCUT2D eigenvalue weighted by atomic mass is 9.90. The van der Waals surface area contributed by atoms with Gasteiger partial charge in [-0.25, -0.2) is 13.1 Å². The smallest absolute Gasteiger partial charge is 0.242 e. The van der Waals surface area contributed by atoms with Crippen molar-refractivity contribution in [1.82, 2.24) is 4.72 Å². The molecule has 0 atom stereocenters. The Bertz CT molecular complexity index is 599. The molecule has 7 heteroatoms. The second-order valence-electron chi connectivity index (χ2n) is 5.40. The lowest BCUT2D eigenvalue weighted by Gasteiger charge is -2.22. The summed E-state index contributed by atoms with van der Waals surface area (Å²) >= 11 is 12.1. The third-order valence-corrected chi connectivity index (χ3v) is 6.29. The van der Waals surface area contributed by atoms with Gasteiger partial charge < -0.3 is 5.73 Å². The Labute approximate surface area is 136 Å². The van der Waals surface area contributed by atoms with Crippen LogP contribution in [0.3, 0.4) is 0 Å². The van der Waals surface area contributed by atoms with Crippen LogP contribution in [0.5, 0.6) is 0 Å². The summed E-state index contributed by atoms with van der Waals surface area (Å²) in [5.74, 6) is 0.411. The van der Waals surface area contributed by atoms with Crippen molar-refractivity contribution < 1.29 is 8.42 Å². The van der Waals surface area contributed by atoms with E-state index in [4.69, 9.17) is 28.9 Å². The molecule has 2 rings (SSSR count). The third kappa shape index (κ3) is 4.11. The number of hydrogen-bond donors (Lipinski definition) is 2. The maximum absolute atomic E-state index is 12.4. The van der Waals surface area contributed by atoms with Crippen LogP contribution < -0.4 is 10.5 Å². The molecule has 0 spiro atoms. The van der Waals surface area contributed by atoms with Gasteiger partial charge in [0.05, 0.1) is 5.02 Å². The van der Waals surface area contributed by atoms with Gasteiger partial charge >= 0.3 is 0 Å². The summed E-state index contributed by atoms with van der Waals surface area (Å²) < 4.78 is 27.5. The number of hydrogen-bond acceptors (Lipinski definition) is 3. The van der Waals surface area contributed by atoms with Crippen molar-refractivity contribution in [1.29, 1.82) is 0 Å². The standard InChI is InChI=1S/C14H20Cl2N2O2S/c15-12-6-7-13(14(16)11(12)8-17)21(19,20)18-9-10-4-2-1-3-5-10/h6-7,10,18H,1-5,8-9,17H2. The largest absolute Gasteiger partial charge is 0.326 e. The summed E-state index contributed by atoms with van der Waals surface area (Å²) in [4.78, 5) is 0.0461. The van der Waals surface area contributed by atoms with Crippen LogP contribution in [0.25, 0.3) is 0 Å². The molecular weight excluding hydrogens is 331 g/mol. The molecule has 1 saturated carbocycles. The minimum atomic E-state index is -3.64. The van der Waals surface area contributed by atoms with Gasteiger partial charge in [-0.05, 0) is 30.9 Å². The van der Waals surface area contributed by atoms with Gasteiger partial charge in [0.2, 0.25) is 10.0 Å². The highest BCUT2D eigenvalue weighted by Crippen LogP contribution is 2.31. The molecule has 1 aromatic carbocycles. The van der Waals surface area contributed by atoms with E-state index < -0.39 is 10.0 Å².